The van der Waals surface area contributed by atoms with E-state index in [2.05, 4.69) is 9.73 Å². The van der Waals surface area contributed by atoms with Crippen molar-refractivity contribution in [2.24, 2.45) is 19.1 Å². The van der Waals surface area contributed by atoms with Crippen molar-refractivity contribution in [2.75, 3.05) is 13.7 Å². The Bertz CT molecular complexity index is 1630. The SMILES string of the molecule is COCCC(=O)Cl.Cn1cc(C2=C(c3cn(C)c4ccccc34)C([O-])=NC2=O)c2ccc([N+](=O)[O-])cc21. The molecule has 0 N–H and O–H groups in total. The Morgan fingerprint density at radius 2 is 1.65 bits per heavy atom. The standard InChI is InChI=1S/C22H16N4O4.C4H7ClO2/c1-24-10-15(13-5-3-4-6-17(13)24)19-20(22(28)23-21(19)27)16-11-25(2)18-9-12(26(29)30)7-8-14(16)18;1-7-3-2-4(5)6/h3-11H,1-2H3,(H,23,27,28);2-3H2,1H3/p-1. The number of methoxy groups -OCH3 is 1. The van der Waals surface area contributed by atoms with Gasteiger partial charge in [0.1, 0.15) is 0 Å². The summed E-state index contributed by atoms with van der Waals surface area (Å²) in [6.45, 7) is 0.419. The summed E-state index contributed by atoms with van der Waals surface area (Å²) >= 11 is 4.94. The number of aryl methyl sites for hydroxylation is 2. The van der Waals surface area contributed by atoms with Crippen LogP contribution in [-0.4, -0.2) is 44.8 Å². The van der Waals surface area contributed by atoms with Crippen LogP contribution in [0.5, 0.6) is 0 Å². The number of non-ortho nitro benzene ring substituents is 1. The molecule has 1 amide bonds. The molecule has 4 aromatic rings. The van der Waals surface area contributed by atoms with Crippen LogP contribution in [0.2, 0.25) is 0 Å². The number of nitro benzene ring substituents is 1. The van der Waals surface area contributed by atoms with Gasteiger partial charge in [0.25, 0.3) is 11.6 Å². The number of carbonyl (C=O) groups excluding carboxylic acids is 2. The molecule has 0 radical (unpaired) electrons. The normalized spacial score (nSPS) is 13.2. The van der Waals surface area contributed by atoms with Crippen molar-refractivity contribution in [3.63, 3.8) is 0 Å². The summed E-state index contributed by atoms with van der Waals surface area (Å²) in [6.07, 6.45) is 3.83. The maximum absolute atomic E-state index is 12.8. The molecule has 1 aliphatic rings. The zero-order valence-electron chi connectivity index (χ0n) is 20.2. The summed E-state index contributed by atoms with van der Waals surface area (Å²) in [4.78, 5) is 37.0. The maximum atomic E-state index is 12.8. The number of nitrogens with zero attached hydrogens (tertiary/aromatic N) is 4. The third-order valence-corrected chi connectivity index (χ3v) is 6.19. The van der Waals surface area contributed by atoms with Crippen LogP contribution in [0, 0.1) is 10.1 Å². The summed E-state index contributed by atoms with van der Waals surface area (Å²) in [5.41, 5.74) is 3.12. The molecule has 0 aliphatic carbocycles. The van der Waals surface area contributed by atoms with Crippen LogP contribution >= 0.6 is 11.6 Å². The average molecular weight is 522 g/mol. The molecule has 0 atom stereocenters. The minimum Gasteiger partial charge on any atom is -0.858 e. The van der Waals surface area contributed by atoms with Crippen molar-refractivity contribution >= 4 is 67.3 Å². The minimum atomic E-state index is -0.603. The van der Waals surface area contributed by atoms with Crippen LogP contribution in [0.15, 0.2) is 59.9 Å². The minimum absolute atomic E-state index is 0.0444. The number of aliphatic imine (C=N–C) groups is 1. The fourth-order valence-electron chi connectivity index (χ4n) is 4.33. The number of para-hydroxylation sites is 1. The molecule has 0 saturated carbocycles. The quantitative estimate of drug-likeness (QED) is 0.216. The van der Waals surface area contributed by atoms with Gasteiger partial charge in [-0.1, -0.05) is 18.2 Å². The van der Waals surface area contributed by atoms with Gasteiger partial charge in [-0.25, -0.2) is 4.99 Å². The Morgan fingerprint density at radius 1 is 1.03 bits per heavy atom. The lowest BCUT2D eigenvalue weighted by atomic mass is 9.95. The van der Waals surface area contributed by atoms with Gasteiger partial charge in [-0.2, -0.15) is 0 Å². The van der Waals surface area contributed by atoms with Crippen molar-refractivity contribution < 1.29 is 24.4 Å². The predicted octanol–water partition coefficient (Wildman–Crippen LogP) is 3.58. The largest absolute Gasteiger partial charge is 0.858 e. The Labute approximate surface area is 216 Å². The Kier molecular flexibility index (Phi) is 7.23. The van der Waals surface area contributed by atoms with Gasteiger partial charge in [0.05, 0.1) is 22.6 Å². The van der Waals surface area contributed by atoms with Gasteiger partial charge < -0.3 is 19.0 Å². The molecule has 10 nitrogen and oxygen atoms in total. The molecular weight excluding hydrogens is 500 g/mol. The number of halogens is 1. The Hall–Kier alpha value is -4.28. The Balaban J connectivity index is 0.000000405. The van der Waals surface area contributed by atoms with E-state index in [1.165, 1.54) is 19.2 Å². The number of nitro groups is 1. The lowest BCUT2D eigenvalue weighted by molar-refractivity contribution is -0.384. The zero-order valence-corrected chi connectivity index (χ0v) is 21.0. The van der Waals surface area contributed by atoms with E-state index in [0.717, 1.165) is 10.9 Å². The van der Waals surface area contributed by atoms with Crippen molar-refractivity contribution in [3.05, 3.63) is 76.1 Å². The Morgan fingerprint density at radius 3 is 2.27 bits per heavy atom. The molecule has 190 valence electrons. The number of rotatable bonds is 6. The molecule has 11 heteroatoms. The van der Waals surface area contributed by atoms with E-state index in [1.54, 1.807) is 23.9 Å². The smallest absolute Gasteiger partial charge is 0.277 e. The highest BCUT2D eigenvalue weighted by atomic mass is 35.5. The van der Waals surface area contributed by atoms with Crippen LogP contribution in [0.25, 0.3) is 33.0 Å². The highest BCUT2D eigenvalue weighted by molar-refractivity contribution is 6.63. The fraction of sp³-hybridized carbons (Fsp3) is 0.192. The second-order valence-electron chi connectivity index (χ2n) is 8.35. The molecule has 5 rings (SSSR count). The summed E-state index contributed by atoms with van der Waals surface area (Å²) in [7, 11) is 5.15. The molecule has 0 fully saturated rings. The molecule has 2 aromatic carbocycles. The second-order valence-corrected chi connectivity index (χ2v) is 8.77. The topological polar surface area (TPSA) is 132 Å². The highest BCUT2D eigenvalue weighted by Gasteiger charge is 2.29. The number of hydrogen-bond donors (Lipinski definition) is 0. The van der Waals surface area contributed by atoms with Crippen molar-refractivity contribution in [3.8, 4) is 0 Å². The number of amides is 1. The monoisotopic (exact) mass is 521 g/mol. The first-order chi connectivity index (χ1) is 17.6. The number of aromatic nitrogens is 2. The van der Waals surface area contributed by atoms with Gasteiger partial charge in [0.2, 0.25) is 5.24 Å². The van der Waals surface area contributed by atoms with E-state index in [-0.39, 0.29) is 22.1 Å². The lowest BCUT2D eigenvalue weighted by Gasteiger charge is -2.11. The van der Waals surface area contributed by atoms with E-state index in [1.807, 2.05) is 42.1 Å². The van der Waals surface area contributed by atoms with Crippen molar-refractivity contribution in [1.82, 2.24) is 9.13 Å². The van der Waals surface area contributed by atoms with E-state index in [0.29, 0.717) is 35.1 Å². The van der Waals surface area contributed by atoms with Gasteiger partial charge in [-0.15, -0.1) is 0 Å². The van der Waals surface area contributed by atoms with Gasteiger partial charge in [-0.3, -0.25) is 19.7 Å². The van der Waals surface area contributed by atoms with Gasteiger partial charge >= 0.3 is 0 Å². The van der Waals surface area contributed by atoms with E-state index < -0.39 is 16.7 Å². The maximum Gasteiger partial charge on any atom is 0.277 e. The molecular formula is C26H22ClN4O6-. The summed E-state index contributed by atoms with van der Waals surface area (Å²) < 4.78 is 8.16. The van der Waals surface area contributed by atoms with Gasteiger partial charge in [0, 0.05) is 91.0 Å². The number of ether oxygens (including phenoxy) is 1. The van der Waals surface area contributed by atoms with Crippen LogP contribution in [0.1, 0.15) is 17.5 Å². The number of carbonyl (C=O) groups is 2. The van der Waals surface area contributed by atoms with Gasteiger partial charge in [-0.05, 0) is 23.7 Å². The first-order valence-corrected chi connectivity index (χ1v) is 11.5. The molecule has 0 spiro atoms. The van der Waals surface area contributed by atoms with E-state index in [4.69, 9.17) is 11.6 Å². The summed E-state index contributed by atoms with van der Waals surface area (Å²) in [5, 5.41) is 25.1. The van der Waals surface area contributed by atoms with E-state index in [9.17, 15) is 24.8 Å². The summed E-state index contributed by atoms with van der Waals surface area (Å²) in [6, 6.07) is 12.1. The molecule has 0 unspecified atom stereocenters. The molecule has 1 aliphatic heterocycles. The predicted molar refractivity (Wildman–Crippen MR) is 139 cm³/mol. The molecule has 0 saturated heterocycles. The third-order valence-electron chi connectivity index (χ3n) is 6.00. The van der Waals surface area contributed by atoms with Crippen LogP contribution in [-0.2, 0) is 28.4 Å². The van der Waals surface area contributed by atoms with Crippen LogP contribution in [0.3, 0.4) is 0 Å². The highest BCUT2D eigenvalue weighted by Crippen LogP contribution is 2.39. The molecule has 37 heavy (non-hydrogen) atoms. The number of hydrogen-bond acceptors (Lipinski definition) is 6. The third kappa shape index (κ3) is 4.89. The number of benzene rings is 2. The summed E-state index contributed by atoms with van der Waals surface area (Å²) in [5.74, 6) is -1.18. The average Bonchev–Trinajstić information content (AvgIpc) is 3.47. The first-order valence-electron chi connectivity index (χ1n) is 11.1. The first kappa shape index (κ1) is 25.8. The van der Waals surface area contributed by atoms with E-state index >= 15 is 0 Å². The number of fused-ring (bicyclic) bond motifs is 2. The molecule has 3 heterocycles. The van der Waals surface area contributed by atoms with Gasteiger partial charge in [0.15, 0.2) is 0 Å². The molecule has 0 bridgehead atoms. The van der Waals surface area contributed by atoms with Crippen molar-refractivity contribution in [1.29, 1.82) is 0 Å². The lowest BCUT2D eigenvalue weighted by Crippen LogP contribution is -2.17. The van der Waals surface area contributed by atoms with Crippen molar-refractivity contribution in [2.45, 2.75) is 6.42 Å². The van der Waals surface area contributed by atoms with Crippen LogP contribution < -0.4 is 5.11 Å². The zero-order chi connectivity index (χ0) is 26.9. The fourth-order valence-corrected chi connectivity index (χ4v) is 4.40. The second kappa shape index (κ2) is 10.4. The molecule has 2 aromatic heterocycles. The van der Waals surface area contributed by atoms with Crippen LogP contribution in [0.4, 0.5) is 5.69 Å².